The van der Waals surface area contributed by atoms with Gasteiger partial charge in [0.1, 0.15) is 5.75 Å². The predicted molar refractivity (Wildman–Crippen MR) is 79.5 cm³/mol. The molecule has 0 bridgehead atoms. The number of hydrogen-bond acceptors (Lipinski definition) is 4. The molecule has 1 heterocycles. The number of rotatable bonds is 5. The van der Waals surface area contributed by atoms with E-state index in [1.165, 1.54) is 19.4 Å². The summed E-state index contributed by atoms with van der Waals surface area (Å²) >= 11 is 0. The lowest BCUT2D eigenvalue weighted by molar-refractivity contribution is 0.233. The van der Waals surface area contributed by atoms with Crippen LogP contribution in [0.4, 0.5) is 0 Å². The molecular weight excluding hydrogens is 254 g/mol. The summed E-state index contributed by atoms with van der Waals surface area (Å²) in [5.41, 5.74) is 7.40. The third kappa shape index (κ3) is 3.42. The van der Waals surface area contributed by atoms with Gasteiger partial charge >= 0.3 is 0 Å². The molecule has 1 aliphatic heterocycles. The van der Waals surface area contributed by atoms with E-state index in [1.54, 1.807) is 0 Å². The summed E-state index contributed by atoms with van der Waals surface area (Å²) in [6.07, 6.45) is 3.50. The van der Waals surface area contributed by atoms with Gasteiger partial charge in [0.25, 0.3) is 0 Å². The molecule has 1 aromatic carbocycles. The van der Waals surface area contributed by atoms with E-state index in [9.17, 15) is 0 Å². The van der Waals surface area contributed by atoms with Gasteiger partial charge in [-0.3, -0.25) is 0 Å². The Labute approximate surface area is 120 Å². The number of nitrogens with two attached hydrogens (primary N) is 1. The highest BCUT2D eigenvalue weighted by Gasteiger charge is 2.20. The average molecular weight is 277 g/mol. The molecular formula is C15H23N3O2. The van der Waals surface area contributed by atoms with Crippen LogP contribution in [0.2, 0.25) is 0 Å². The molecule has 5 heteroatoms. The fraction of sp³-hybridized carbons (Fsp3) is 0.533. The van der Waals surface area contributed by atoms with Crippen LogP contribution in [0.25, 0.3) is 0 Å². The Kier molecular flexibility index (Phi) is 4.84. The van der Waals surface area contributed by atoms with Crippen LogP contribution in [-0.2, 0) is 0 Å². The Balaban J connectivity index is 1.99. The van der Waals surface area contributed by atoms with Crippen molar-refractivity contribution in [3.8, 4) is 5.75 Å². The van der Waals surface area contributed by atoms with Gasteiger partial charge in [-0.05, 0) is 57.5 Å². The molecule has 0 amide bonds. The first-order valence-electron chi connectivity index (χ1n) is 7.03. The van der Waals surface area contributed by atoms with Crippen molar-refractivity contribution in [2.75, 3.05) is 20.2 Å². The number of likely N-dealkylation sites (tertiary alicyclic amines) is 1. The fourth-order valence-electron chi connectivity index (χ4n) is 2.66. The number of ether oxygens (including phenoxy) is 1. The third-order valence-electron chi connectivity index (χ3n) is 3.90. The maximum Gasteiger partial charge on any atom is 0.173 e. The van der Waals surface area contributed by atoms with E-state index in [1.807, 2.05) is 25.1 Å². The molecule has 1 unspecified atom stereocenters. The standard InChI is InChI=1S/C15H23N3O2/c1-11-5-6-13(15(16)17-19)14(10-11)20-9-7-12-4-3-8-18(12)2/h5-6,10,12,19H,3-4,7-9H2,1-2H3,(H2,16,17). The summed E-state index contributed by atoms with van der Waals surface area (Å²) in [5.74, 6) is 0.763. The minimum Gasteiger partial charge on any atom is -0.493 e. The molecule has 20 heavy (non-hydrogen) atoms. The summed E-state index contributed by atoms with van der Waals surface area (Å²) in [6.45, 7) is 3.81. The SMILES string of the molecule is Cc1ccc(C(N)=NO)c(OCCC2CCCN2C)c1. The van der Waals surface area contributed by atoms with E-state index in [2.05, 4.69) is 17.1 Å². The van der Waals surface area contributed by atoms with Crippen molar-refractivity contribution in [1.82, 2.24) is 4.90 Å². The first-order valence-corrected chi connectivity index (χ1v) is 7.03. The van der Waals surface area contributed by atoms with Crippen molar-refractivity contribution < 1.29 is 9.94 Å². The summed E-state index contributed by atoms with van der Waals surface area (Å²) in [6, 6.07) is 6.27. The molecule has 0 spiro atoms. The van der Waals surface area contributed by atoms with Crippen molar-refractivity contribution in [2.24, 2.45) is 10.9 Å². The number of amidine groups is 1. The zero-order chi connectivity index (χ0) is 14.5. The monoisotopic (exact) mass is 277 g/mol. The topological polar surface area (TPSA) is 71.1 Å². The molecule has 2 rings (SSSR count). The van der Waals surface area contributed by atoms with Crippen LogP contribution in [0.15, 0.2) is 23.4 Å². The van der Waals surface area contributed by atoms with Crippen molar-refractivity contribution in [1.29, 1.82) is 0 Å². The van der Waals surface area contributed by atoms with Crippen LogP contribution in [0.5, 0.6) is 5.75 Å². The molecule has 3 N–H and O–H groups in total. The normalized spacial score (nSPS) is 20.3. The van der Waals surface area contributed by atoms with E-state index in [0.717, 1.165) is 12.0 Å². The molecule has 1 aliphatic rings. The molecule has 1 atom stereocenters. The number of aryl methyl sites for hydroxylation is 1. The summed E-state index contributed by atoms with van der Waals surface area (Å²) in [7, 11) is 2.16. The molecule has 5 nitrogen and oxygen atoms in total. The second-order valence-corrected chi connectivity index (χ2v) is 5.40. The van der Waals surface area contributed by atoms with E-state index in [0.29, 0.717) is 24.0 Å². The fourth-order valence-corrected chi connectivity index (χ4v) is 2.66. The maximum absolute atomic E-state index is 8.82. The van der Waals surface area contributed by atoms with Gasteiger partial charge in [0.05, 0.1) is 12.2 Å². The Morgan fingerprint density at radius 2 is 2.35 bits per heavy atom. The summed E-state index contributed by atoms with van der Waals surface area (Å²) < 4.78 is 5.85. The Morgan fingerprint density at radius 3 is 3.00 bits per heavy atom. The van der Waals surface area contributed by atoms with Gasteiger partial charge in [-0.2, -0.15) is 0 Å². The summed E-state index contributed by atoms with van der Waals surface area (Å²) in [4.78, 5) is 2.38. The highest BCUT2D eigenvalue weighted by molar-refractivity contribution is 5.99. The first-order chi connectivity index (χ1) is 9.61. The van der Waals surface area contributed by atoms with Crippen molar-refractivity contribution in [3.63, 3.8) is 0 Å². The molecule has 0 saturated carbocycles. The van der Waals surface area contributed by atoms with Gasteiger partial charge in [-0.15, -0.1) is 0 Å². The lowest BCUT2D eigenvalue weighted by atomic mass is 10.1. The van der Waals surface area contributed by atoms with Crippen LogP contribution in [0.1, 0.15) is 30.4 Å². The minimum absolute atomic E-state index is 0.0815. The second-order valence-electron chi connectivity index (χ2n) is 5.40. The molecule has 1 saturated heterocycles. The van der Waals surface area contributed by atoms with Crippen LogP contribution >= 0.6 is 0 Å². The molecule has 0 aliphatic carbocycles. The van der Waals surface area contributed by atoms with E-state index >= 15 is 0 Å². The Morgan fingerprint density at radius 1 is 1.55 bits per heavy atom. The zero-order valence-corrected chi connectivity index (χ0v) is 12.2. The van der Waals surface area contributed by atoms with Gasteiger partial charge in [-0.25, -0.2) is 0 Å². The van der Waals surface area contributed by atoms with Crippen LogP contribution in [0, 0.1) is 6.92 Å². The molecule has 1 fully saturated rings. The zero-order valence-electron chi connectivity index (χ0n) is 12.2. The number of hydrogen-bond donors (Lipinski definition) is 2. The predicted octanol–water partition coefficient (Wildman–Crippen LogP) is 1.95. The van der Waals surface area contributed by atoms with Gasteiger partial charge in [0, 0.05) is 6.04 Å². The van der Waals surface area contributed by atoms with E-state index in [-0.39, 0.29) is 5.84 Å². The first kappa shape index (κ1) is 14.7. The number of nitrogens with zero attached hydrogens (tertiary/aromatic N) is 2. The lowest BCUT2D eigenvalue weighted by Crippen LogP contribution is -2.26. The maximum atomic E-state index is 8.82. The largest absolute Gasteiger partial charge is 0.493 e. The van der Waals surface area contributed by atoms with Gasteiger partial charge < -0.3 is 20.6 Å². The third-order valence-corrected chi connectivity index (χ3v) is 3.90. The van der Waals surface area contributed by atoms with Crippen LogP contribution in [-0.4, -0.2) is 42.2 Å². The van der Waals surface area contributed by atoms with E-state index in [4.69, 9.17) is 15.7 Å². The van der Waals surface area contributed by atoms with Crippen molar-refractivity contribution >= 4 is 5.84 Å². The smallest absolute Gasteiger partial charge is 0.173 e. The van der Waals surface area contributed by atoms with Gasteiger partial charge in [0.2, 0.25) is 0 Å². The number of benzene rings is 1. The lowest BCUT2D eigenvalue weighted by Gasteiger charge is -2.20. The van der Waals surface area contributed by atoms with Crippen LogP contribution in [0.3, 0.4) is 0 Å². The number of oxime groups is 1. The Bertz CT molecular complexity index is 488. The quantitative estimate of drug-likeness (QED) is 0.373. The van der Waals surface area contributed by atoms with E-state index < -0.39 is 0 Å². The van der Waals surface area contributed by atoms with Crippen molar-refractivity contribution in [3.05, 3.63) is 29.3 Å². The molecule has 0 aromatic heterocycles. The highest BCUT2D eigenvalue weighted by Crippen LogP contribution is 2.22. The summed E-state index contributed by atoms with van der Waals surface area (Å²) in [5, 5.41) is 11.9. The molecule has 110 valence electrons. The second kappa shape index (κ2) is 6.61. The molecule has 0 radical (unpaired) electrons. The van der Waals surface area contributed by atoms with Crippen molar-refractivity contribution in [2.45, 2.75) is 32.2 Å². The minimum atomic E-state index is 0.0815. The highest BCUT2D eigenvalue weighted by atomic mass is 16.5. The average Bonchev–Trinajstić information content (AvgIpc) is 2.84. The Hall–Kier alpha value is -1.75. The van der Waals surface area contributed by atoms with Gasteiger partial charge in [0.15, 0.2) is 5.84 Å². The molecule has 1 aromatic rings. The van der Waals surface area contributed by atoms with Crippen LogP contribution < -0.4 is 10.5 Å². The van der Waals surface area contributed by atoms with Gasteiger partial charge in [-0.1, -0.05) is 11.2 Å².